The van der Waals surface area contributed by atoms with Crippen LogP contribution in [0.15, 0.2) is 27.4 Å². The summed E-state index contributed by atoms with van der Waals surface area (Å²) in [4.78, 5) is 36.8. The van der Waals surface area contributed by atoms with Gasteiger partial charge in [-0.15, -0.1) is 0 Å². The van der Waals surface area contributed by atoms with Crippen molar-refractivity contribution in [3.05, 3.63) is 39.7 Å². The number of anilines is 1. The molecular weight excluding hydrogens is 332 g/mol. The first-order valence-corrected chi connectivity index (χ1v) is 8.50. The van der Waals surface area contributed by atoms with Gasteiger partial charge in [0.2, 0.25) is 5.91 Å². The molecule has 0 atom stereocenters. The lowest BCUT2D eigenvalue weighted by Gasteiger charge is -2.40. The zero-order valence-electron chi connectivity index (χ0n) is 16.1. The summed E-state index contributed by atoms with van der Waals surface area (Å²) in [5, 5.41) is 3.62. The summed E-state index contributed by atoms with van der Waals surface area (Å²) < 4.78 is 5.32. The molecule has 0 aliphatic carbocycles. The summed E-state index contributed by atoms with van der Waals surface area (Å²) in [6, 6.07) is 5.08. The average molecular weight is 358 g/mol. The van der Waals surface area contributed by atoms with Gasteiger partial charge in [0.05, 0.1) is 12.0 Å². The minimum atomic E-state index is -0.769. The second-order valence-corrected chi connectivity index (χ2v) is 7.78. The monoisotopic (exact) mass is 358 g/mol. The van der Waals surface area contributed by atoms with Crippen molar-refractivity contribution < 1.29 is 14.0 Å². The van der Waals surface area contributed by atoms with Crippen LogP contribution in [0.2, 0.25) is 0 Å². The molecular formula is C20H26N2O4. The highest BCUT2D eigenvalue weighted by molar-refractivity contribution is 5.87. The number of benzene rings is 1. The predicted octanol–water partition coefficient (Wildman–Crippen LogP) is 2.74. The molecule has 26 heavy (non-hydrogen) atoms. The SMILES string of the molecule is CC(=O)C(C)(C)C(C)(C)NC(=O)Cc1c(C)c2ccc(N)cc2oc1=O. The molecule has 1 aromatic heterocycles. The van der Waals surface area contributed by atoms with Crippen LogP contribution in [0.4, 0.5) is 5.69 Å². The van der Waals surface area contributed by atoms with E-state index in [1.165, 1.54) is 6.92 Å². The Morgan fingerprint density at radius 1 is 1.19 bits per heavy atom. The highest BCUT2D eigenvalue weighted by Crippen LogP contribution is 2.31. The number of amides is 1. The number of carbonyl (C=O) groups is 2. The minimum Gasteiger partial charge on any atom is -0.422 e. The van der Waals surface area contributed by atoms with Gasteiger partial charge in [-0.05, 0) is 45.4 Å². The molecule has 6 heteroatoms. The number of nitrogens with one attached hydrogen (secondary N) is 1. The van der Waals surface area contributed by atoms with E-state index in [1.807, 2.05) is 0 Å². The van der Waals surface area contributed by atoms with Crippen LogP contribution in [0.1, 0.15) is 45.7 Å². The molecule has 0 saturated carbocycles. The van der Waals surface area contributed by atoms with E-state index in [9.17, 15) is 14.4 Å². The number of hydrogen-bond donors (Lipinski definition) is 2. The zero-order valence-corrected chi connectivity index (χ0v) is 16.1. The van der Waals surface area contributed by atoms with Crippen LogP contribution in [0, 0.1) is 12.3 Å². The standard InChI is InChI=1S/C20H26N2O4/c1-11-14-8-7-13(21)9-16(14)26-18(25)15(11)10-17(24)22-20(5,6)19(3,4)12(2)23/h7-9H,10,21H2,1-6H3,(H,22,24). The molecule has 1 aromatic carbocycles. The van der Waals surface area contributed by atoms with Crippen LogP contribution in [-0.2, 0) is 16.0 Å². The molecule has 0 spiro atoms. The van der Waals surface area contributed by atoms with E-state index in [0.717, 1.165) is 5.39 Å². The summed E-state index contributed by atoms with van der Waals surface area (Å²) in [6.07, 6.45) is -0.119. The van der Waals surface area contributed by atoms with E-state index >= 15 is 0 Å². The Morgan fingerprint density at radius 3 is 2.38 bits per heavy atom. The number of carbonyl (C=O) groups excluding carboxylic acids is 2. The Balaban J connectivity index is 2.34. The molecule has 140 valence electrons. The normalized spacial score (nSPS) is 12.2. The molecule has 0 fully saturated rings. The molecule has 1 heterocycles. The van der Waals surface area contributed by atoms with Gasteiger partial charge in [0, 0.05) is 28.1 Å². The number of rotatable bonds is 5. The maximum Gasteiger partial charge on any atom is 0.340 e. The van der Waals surface area contributed by atoms with Crippen LogP contribution < -0.4 is 16.7 Å². The van der Waals surface area contributed by atoms with Crippen molar-refractivity contribution >= 4 is 28.3 Å². The van der Waals surface area contributed by atoms with Crippen molar-refractivity contribution in [2.24, 2.45) is 5.41 Å². The fraction of sp³-hybridized carbons (Fsp3) is 0.450. The number of nitrogens with two attached hydrogens (primary N) is 1. The average Bonchev–Trinajstić information content (AvgIpc) is 2.50. The van der Waals surface area contributed by atoms with Crippen molar-refractivity contribution in [2.75, 3.05) is 5.73 Å². The number of aryl methyl sites for hydroxylation is 1. The van der Waals surface area contributed by atoms with Crippen molar-refractivity contribution in [2.45, 2.75) is 53.5 Å². The van der Waals surface area contributed by atoms with Gasteiger partial charge in [-0.2, -0.15) is 0 Å². The molecule has 0 unspecified atom stereocenters. The topological polar surface area (TPSA) is 102 Å². The first-order valence-electron chi connectivity index (χ1n) is 8.50. The van der Waals surface area contributed by atoms with Gasteiger partial charge in [0.15, 0.2) is 0 Å². The minimum absolute atomic E-state index is 0.0261. The fourth-order valence-electron chi connectivity index (χ4n) is 2.76. The maximum absolute atomic E-state index is 12.6. The van der Waals surface area contributed by atoms with Gasteiger partial charge in [-0.1, -0.05) is 13.8 Å². The van der Waals surface area contributed by atoms with Crippen LogP contribution in [0.25, 0.3) is 11.0 Å². The molecule has 0 radical (unpaired) electrons. The predicted molar refractivity (Wildman–Crippen MR) is 102 cm³/mol. The van der Waals surface area contributed by atoms with E-state index < -0.39 is 16.6 Å². The number of fused-ring (bicyclic) bond motifs is 1. The molecule has 6 nitrogen and oxygen atoms in total. The third kappa shape index (κ3) is 3.49. The second-order valence-electron chi connectivity index (χ2n) is 7.78. The van der Waals surface area contributed by atoms with Gasteiger partial charge in [-0.3, -0.25) is 9.59 Å². The first-order chi connectivity index (χ1) is 11.9. The first kappa shape index (κ1) is 19.7. The van der Waals surface area contributed by atoms with Crippen LogP contribution in [0.3, 0.4) is 0 Å². The Labute approximate surface area is 152 Å². The molecule has 2 aromatic rings. The highest BCUT2D eigenvalue weighted by atomic mass is 16.4. The van der Waals surface area contributed by atoms with E-state index in [-0.39, 0.29) is 18.1 Å². The lowest BCUT2D eigenvalue weighted by Crippen LogP contribution is -2.56. The van der Waals surface area contributed by atoms with Crippen molar-refractivity contribution in [3.8, 4) is 0 Å². The summed E-state index contributed by atoms with van der Waals surface area (Å²) in [7, 11) is 0. The van der Waals surface area contributed by atoms with Crippen molar-refractivity contribution in [1.82, 2.24) is 5.32 Å². The van der Waals surface area contributed by atoms with Crippen LogP contribution in [0.5, 0.6) is 0 Å². The smallest absolute Gasteiger partial charge is 0.340 e. The highest BCUT2D eigenvalue weighted by Gasteiger charge is 2.41. The fourth-order valence-corrected chi connectivity index (χ4v) is 2.76. The zero-order chi connectivity index (χ0) is 19.9. The van der Waals surface area contributed by atoms with Crippen molar-refractivity contribution in [1.29, 1.82) is 0 Å². The molecule has 1 amide bonds. The number of Topliss-reactive ketones (excluding diaryl/α,β-unsaturated/α-hetero) is 1. The van der Waals surface area contributed by atoms with Gasteiger partial charge in [0.1, 0.15) is 11.4 Å². The lowest BCUT2D eigenvalue weighted by atomic mass is 9.71. The Bertz CT molecular complexity index is 939. The van der Waals surface area contributed by atoms with Crippen LogP contribution in [-0.4, -0.2) is 17.2 Å². The van der Waals surface area contributed by atoms with E-state index in [1.54, 1.807) is 52.8 Å². The quantitative estimate of drug-likeness (QED) is 0.632. The molecule has 0 bridgehead atoms. The second kappa shape index (κ2) is 6.59. The van der Waals surface area contributed by atoms with E-state index in [4.69, 9.17) is 10.2 Å². The van der Waals surface area contributed by atoms with Gasteiger partial charge in [0.25, 0.3) is 0 Å². The van der Waals surface area contributed by atoms with Gasteiger partial charge in [-0.25, -0.2) is 4.79 Å². The molecule has 0 saturated heterocycles. The van der Waals surface area contributed by atoms with Crippen LogP contribution >= 0.6 is 0 Å². The summed E-state index contributed by atoms with van der Waals surface area (Å²) in [6.45, 7) is 10.4. The van der Waals surface area contributed by atoms with E-state index in [0.29, 0.717) is 22.4 Å². The van der Waals surface area contributed by atoms with Crippen molar-refractivity contribution in [3.63, 3.8) is 0 Å². The molecule has 3 N–H and O–H groups in total. The third-order valence-electron chi connectivity index (χ3n) is 5.54. The molecule has 0 aliphatic heterocycles. The number of ketones is 1. The third-order valence-corrected chi connectivity index (χ3v) is 5.54. The van der Waals surface area contributed by atoms with Gasteiger partial charge < -0.3 is 15.5 Å². The Kier molecular flexibility index (Phi) is 4.99. The summed E-state index contributed by atoms with van der Waals surface area (Å²) in [5.74, 6) is -0.365. The Morgan fingerprint density at radius 2 is 1.81 bits per heavy atom. The van der Waals surface area contributed by atoms with E-state index in [2.05, 4.69) is 5.32 Å². The number of nitrogen functional groups attached to an aromatic ring is 1. The summed E-state index contributed by atoms with van der Waals surface area (Å²) >= 11 is 0. The van der Waals surface area contributed by atoms with Gasteiger partial charge >= 0.3 is 5.63 Å². The number of hydrogen-bond acceptors (Lipinski definition) is 5. The maximum atomic E-state index is 12.6. The largest absolute Gasteiger partial charge is 0.422 e. The molecule has 2 rings (SSSR count). The summed E-state index contributed by atoms with van der Waals surface area (Å²) in [5.41, 5.74) is 5.54. The lowest BCUT2D eigenvalue weighted by molar-refractivity contribution is -0.131. The molecule has 0 aliphatic rings. The Hall–Kier alpha value is -2.63.